The SMILES string of the molecule is Cc1cnc2c(c1)CCc1cc(Cl)ccc1C2=C1CCN(C(=O)Cc2ccncc2)CC1.Nc1cnc2c(c1)CCc1cc(Cl)ccc1C2=C1CCN(C(=O)Cc2ccncc2)CC1. The number of hydrogen-bond donors (Lipinski definition) is 1. The van der Waals surface area contributed by atoms with E-state index in [9.17, 15) is 9.59 Å². The number of nitrogens with zero attached hydrogens (tertiary/aromatic N) is 6. The van der Waals surface area contributed by atoms with Crippen LogP contribution in [0.5, 0.6) is 0 Å². The van der Waals surface area contributed by atoms with Gasteiger partial charge in [0.15, 0.2) is 0 Å². The molecule has 0 radical (unpaired) electrons. The molecule has 324 valence electrons. The molecule has 4 aromatic heterocycles. The largest absolute Gasteiger partial charge is 0.397 e. The summed E-state index contributed by atoms with van der Waals surface area (Å²) in [6.45, 7) is 5.02. The van der Waals surface area contributed by atoms with Gasteiger partial charge in [-0.2, -0.15) is 0 Å². The monoisotopic (exact) mass is 887 g/mol. The predicted molar refractivity (Wildman–Crippen MR) is 255 cm³/mol. The van der Waals surface area contributed by atoms with Crippen LogP contribution in [0.1, 0.15) is 87.1 Å². The third-order valence-electron chi connectivity index (χ3n) is 12.9. The van der Waals surface area contributed by atoms with Gasteiger partial charge in [0, 0.05) is 78.4 Å². The molecule has 2 fully saturated rings. The third-order valence-corrected chi connectivity index (χ3v) is 13.4. The van der Waals surface area contributed by atoms with Crippen molar-refractivity contribution >= 4 is 51.8 Å². The summed E-state index contributed by atoms with van der Waals surface area (Å²) in [7, 11) is 0. The lowest BCUT2D eigenvalue weighted by molar-refractivity contribution is -0.131. The van der Waals surface area contributed by atoms with Crippen molar-refractivity contribution in [3.8, 4) is 0 Å². The minimum Gasteiger partial charge on any atom is -0.397 e. The van der Waals surface area contributed by atoms with E-state index in [2.05, 4.69) is 47.2 Å². The average Bonchev–Trinajstić information content (AvgIpc) is 3.57. The van der Waals surface area contributed by atoms with Crippen LogP contribution in [0.2, 0.25) is 10.0 Å². The Morgan fingerprint density at radius 2 is 0.969 bits per heavy atom. The summed E-state index contributed by atoms with van der Waals surface area (Å²) in [5, 5.41) is 1.53. The first kappa shape index (κ1) is 43.1. The standard InChI is InChI=1S/C27H26ClN3O.C26H25ClN4O/c1-18-14-22-3-2-21-16-23(28)4-5-24(21)26(27(22)30-17-18)20-8-12-31(13-9-20)25(32)15-19-6-10-29-11-7-19;27-21-3-4-23-19(14-21)1-2-20-15-22(28)16-30-26(20)25(23)18-7-11-31(12-8-18)24(32)13-17-5-9-29-10-6-17/h4-7,10-11,14,16-17H,2-3,8-9,12-13,15H2,1H3;3-6,9-10,14-16H,1-2,7-8,11-13,28H2. The number of pyridine rings is 4. The van der Waals surface area contributed by atoms with Crippen LogP contribution in [0.3, 0.4) is 0 Å². The molecule has 11 heteroatoms. The first-order chi connectivity index (χ1) is 31.2. The second-order valence-corrected chi connectivity index (χ2v) is 18.1. The summed E-state index contributed by atoms with van der Waals surface area (Å²) >= 11 is 12.7. The summed E-state index contributed by atoms with van der Waals surface area (Å²) in [6, 6.07) is 24.3. The minimum atomic E-state index is 0.166. The molecule has 2 amide bonds. The maximum Gasteiger partial charge on any atom is 0.227 e. The fraction of sp³-hybridized carbons (Fsp3) is 0.283. The molecule has 2 saturated heterocycles. The molecule has 9 nitrogen and oxygen atoms in total. The molecule has 0 saturated carbocycles. The number of likely N-dealkylation sites (tertiary alicyclic amines) is 2. The minimum absolute atomic E-state index is 0.166. The molecule has 4 aliphatic rings. The van der Waals surface area contributed by atoms with E-state index in [4.69, 9.17) is 38.9 Å². The number of nitrogens with two attached hydrogens (primary N) is 1. The van der Waals surface area contributed by atoms with E-state index < -0.39 is 0 Å². The van der Waals surface area contributed by atoms with Gasteiger partial charge in [0.25, 0.3) is 0 Å². The number of fused-ring (bicyclic) bond motifs is 4. The third kappa shape index (κ3) is 9.66. The van der Waals surface area contributed by atoms with E-state index in [1.807, 2.05) is 58.5 Å². The molecular weight excluding hydrogens is 838 g/mol. The predicted octanol–water partition coefficient (Wildman–Crippen LogP) is 9.68. The lowest BCUT2D eigenvalue weighted by Gasteiger charge is -2.30. The molecule has 6 heterocycles. The number of amides is 2. The lowest BCUT2D eigenvalue weighted by Crippen LogP contribution is -2.37. The van der Waals surface area contributed by atoms with Crippen molar-refractivity contribution in [2.24, 2.45) is 0 Å². The van der Waals surface area contributed by atoms with Crippen LogP contribution in [-0.4, -0.2) is 67.7 Å². The second kappa shape index (κ2) is 19.3. The van der Waals surface area contributed by atoms with Crippen molar-refractivity contribution in [2.75, 3.05) is 31.9 Å². The number of piperidine rings is 2. The number of aromatic nitrogens is 4. The van der Waals surface area contributed by atoms with Gasteiger partial charge in [-0.3, -0.25) is 29.5 Å². The van der Waals surface area contributed by atoms with Crippen molar-refractivity contribution in [1.82, 2.24) is 29.7 Å². The highest BCUT2D eigenvalue weighted by Gasteiger charge is 2.29. The second-order valence-electron chi connectivity index (χ2n) is 17.2. The molecule has 0 bridgehead atoms. The number of hydrogen-bond acceptors (Lipinski definition) is 7. The highest BCUT2D eigenvalue weighted by molar-refractivity contribution is 6.31. The Bertz CT molecular complexity index is 2470. The van der Waals surface area contributed by atoms with Crippen LogP contribution in [0.15, 0.2) is 121 Å². The van der Waals surface area contributed by atoms with Gasteiger partial charge in [-0.1, -0.05) is 52.5 Å². The number of aryl methyl sites for hydroxylation is 5. The van der Waals surface area contributed by atoms with Gasteiger partial charge in [-0.15, -0.1) is 0 Å². The number of anilines is 1. The topological polar surface area (TPSA) is 118 Å². The first-order valence-corrected chi connectivity index (χ1v) is 23.0. The van der Waals surface area contributed by atoms with Gasteiger partial charge in [-0.25, -0.2) is 0 Å². The van der Waals surface area contributed by atoms with E-state index in [-0.39, 0.29) is 11.8 Å². The van der Waals surface area contributed by atoms with E-state index in [0.717, 1.165) is 110 Å². The van der Waals surface area contributed by atoms with Crippen molar-refractivity contribution < 1.29 is 9.59 Å². The van der Waals surface area contributed by atoms with Crippen molar-refractivity contribution in [2.45, 2.75) is 71.1 Å². The Morgan fingerprint density at radius 1 is 0.547 bits per heavy atom. The van der Waals surface area contributed by atoms with Crippen molar-refractivity contribution in [3.63, 3.8) is 0 Å². The average molecular weight is 889 g/mol. The van der Waals surface area contributed by atoms with Crippen LogP contribution in [0, 0.1) is 6.92 Å². The summed E-state index contributed by atoms with van der Waals surface area (Å²) in [5.74, 6) is 0.349. The van der Waals surface area contributed by atoms with E-state index in [1.54, 1.807) is 31.0 Å². The molecule has 64 heavy (non-hydrogen) atoms. The molecule has 0 unspecified atom stereocenters. The van der Waals surface area contributed by atoms with Gasteiger partial charge < -0.3 is 15.5 Å². The van der Waals surface area contributed by atoms with Crippen LogP contribution in [0.4, 0.5) is 5.69 Å². The fourth-order valence-corrected chi connectivity index (χ4v) is 10.0. The van der Waals surface area contributed by atoms with E-state index in [1.165, 1.54) is 61.2 Å². The summed E-state index contributed by atoms with van der Waals surface area (Å²) < 4.78 is 0. The van der Waals surface area contributed by atoms with Crippen LogP contribution >= 0.6 is 23.2 Å². The van der Waals surface area contributed by atoms with Crippen molar-refractivity contribution in [3.05, 3.63) is 193 Å². The molecule has 10 rings (SSSR count). The molecule has 2 aliphatic carbocycles. The Morgan fingerprint density at radius 3 is 1.44 bits per heavy atom. The molecule has 2 N–H and O–H groups in total. The Balaban J connectivity index is 0.000000162. The van der Waals surface area contributed by atoms with Gasteiger partial charge in [0.2, 0.25) is 11.8 Å². The quantitative estimate of drug-likeness (QED) is 0.187. The number of halogens is 2. The zero-order valence-electron chi connectivity index (χ0n) is 36.1. The Hall–Kier alpha value is -6.16. The Labute approximate surface area is 385 Å². The van der Waals surface area contributed by atoms with E-state index in [0.29, 0.717) is 18.5 Å². The van der Waals surface area contributed by atoms with Crippen LogP contribution < -0.4 is 5.73 Å². The molecule has 0 atom stereocenters. The van der Waals surface area contributed by atoms with Crippen LogP contribution in [0.25, 0.3) is 11.1 Å². The molecule has 6 aromatic rings. The van der Waals surface area contributed by atoms with Gasteiger partial charge in [-0.05, 0) is 163 Å². The summed E-state index contributed by atoms with van der Waals surface area (Å²) in [4.78, 5) is 47.4. The molecular formula is C53H51Cl2N7O2. The highest BCUT2D eigenvalue weighted by Crippen LogP contribution is 2.40. The zero-order chi connectivity index (χ0) is 44.2. The van der Waals surface area contributed by atoms with Crippen LogP contribution in [-0.2, 0) is 48.1 Å². The summed E-state index contributed by atoms with van der Waals surface area (Å²) in [5.41, 5.74) is 24.7. The van der Waals surface area contributed by atoms with Gasteiger partial charge >= 0.3 is 0 Å². The summed E-state index contributed by atoms with van der Waals surface area (Å²) in [6.07, 6.45) is 18.6. The van der Waals surface area contributed by atoms with Gasteiger partial charge in [0.1, 0.15) is 0 Å². The number of rotatable bonds is 4. The molecule has 0 spiro atoms. The molecule has 2 aromatic carbocycles. The van der Waals surface area contributed by atoms with Crippen molar-refractivity contribution in [1.29, 1.82) is 0 Å². The highest BCUT2D eigenvalue weighted by atomic mass is 35.5. The smallest absolute Gasteiger partial charge is 0.227 e. The zero-order valence-corrected chi connectivity index (χ0v) is 37.6. The maximum atomic E-state index is 12.8. The normalized spacial score (nSPS) is 15.7. The maximum absolute atomic E-state index is 12.8. The molecule has 2 aliphatic heterocycles. The number of nitrogen functional groups attached to an aromatic ring is 1. The number of carbonyl (C=O) groups excluding carboxylic acids is 2. The van der Waals surface area contributed by atoms with Gasteiger partial charge in [0.05, 0.1) is 36.1 Å². The number of carbonyl (C=O) groups is 2. The Kier molecular flexibility index (Phi) is 13.0. The lowest BCUT2D eigenvalue weighted by atomic mass is 9.88. The number of benzene rings is 2. The van der Waals surface area contributed by atoms with E-state index >= 15 is 0 Å². The fourth-order valence-electron chi connectivity index (χ4n) is 9.65. The first-order valence-electron chi connectivity index (χ1n) is 22.2.